The highest BCUT2D eigenvalue weighted by molar-refractivity contribution is 6.02. The first kappa shape index (κ1) is 46.8. The molecule has 0 atom stereocenters. The van der Waals surface area contributed by atoms with E-state index >= 15 is 0 Å². The van der Waals surface area contributed by atoms with Crippen LogP contribution in [0.4, 0.5) is 0 Å². The van der Waals surface area contributed by atoms with Crippen LogP contribution in [0.1, 0.15) is 44.5 Å². The lowest BCUT2D eigenvalue weighted by molar-refractivity contribution is 0.794. The molecule has 0 saturated carbocycles. The van der Waals surface area contributed by atoms with Gasteiger partial charge in [-0.1, -0.05) is 231 Å². The fourth-order valence-electron chi connectivity index (χ4n) is 15.2. The Morgan fingerprint density at radius 1 is 0.202 bits per heavy atom. The van der Waals surface area contributed by atoms with E-state index in [-0.39, 0.29) is 0 Å². The van der Waals surface area contributed by atoms with Gasteiger partial charge in [-0.15, -0.1) is 0 Å². The molecular weight excluding hydrogens is 1020 g/mol. The lowest BCUT2D eigenvalue weighted by atomic mass is 9.70. The molecule has 14 aromatic rings. The van der Waals surface area contributed by atoms with Crippen molar-refractivity contribution in [2.24, 2.45) is 0 Å². The Kier molecular flexibility index (Phi) is 9.90. The molecule has 0 unspecified atom stereocenters. The fourth-order valence-corrected chi connectivity index (χ4v) is 15.2. The molecule has 388 valence electrons. The number of fused-ring (bicyclic) bond motifs is 21. The second-order valence-corrected chi connectivity index (χ2v) is 22.7. The predicted octanol–water partition coefficient (Wildman–Crippen LogP) is 19.1. The largest absolute Gasteiger partial charge is 0.264 e. The number of nitrogens with zero attached hydrogens (tertiary/aromatic N) is 4. The first-order valence-electron chi connectivity index (χ1n) is 28.9. The summed E-state index contributed by atoms with van der Waals surface area (Å²) in [4.78, 5) is 20.4. The lowest BCUT2D eigenvalue weighted by Crippen LogP contribution is -2.25. The maximum Gasteiger partial charge on any atom is 0.0973 e. The van der Waals surface area contributed by atoms with Gasteiger partial charge in [-0.3, -0.25) is 9.97 Å². The molecule has 4 nitrogen and oxygen atoms in total. The number of hydrogen-bond donors (Lipinski definition) is 0. The van der Waals surface area contributed by atoms with Crippen LogP contribution >= 0.6 is 0 Å². The van der Waals surface area contributed by atoms with Crippen molar-refractivity contribution in [3.05, 3.63) is 336 Å². The van der Waals surface area contributed by atoms with Crippen molar-refractivity contribution in [1.29, 1.82) is 0 Å². The van der Waals surface area contributed by atoms with Crippen LogP contribution in [0.25, 0.3) is 123 Å². The first-order chi connectivity index (χ1) is 41.6. The monoisotopic (exact) mass is 1060 g/mol. The Bertz CT molecular complexity index is 4620. The Morgan fingerprint density at radius 3 is 0.798 bits per heavy atom. The van der Waals surface area contributed by atoms with Crippen LogP contribution in [0, 0.1) is 0 Å². The van der Waals surface area contributed by atoms with Crippen molar-refractivity contribution in [3.8, 4) is 112 Å². The van der Waals surface area contributed by atoms with Gasteiger partial charge in [0.2, 0.25) is 0 Å². The van der Waals surface area contributed by atoms with Crippen molar-refractivity contribution >= 4 is 11.0 Å². The van der Waals surface area contributed by atoms with Gasteiger partial charge in [0.15, 0.2) is 0 Å². The van der Waals surface area contributed by atoms with Gasteiger partial charge in [0.05, 0.1) is 33.3 Å². The van der Waals surface area contributed by atoms with E-state index in [0.717, 1.165) is 78.1 Å². The van der Waals surface area contributed by atoms with Gasteiger partial charge in [-0.2, -0.15) is 0 Å². The third-order valence-electron chi connectivity index (χ3n) is 18.7. The zero-order valence-corrected chi connectivity index (χ0v) is 45.5. The van der Waals surface area contributed by atoms with Gasteiger partial charge in [0.1, 0.15) is 0 Å². The molecule has 11 aromatic carbocycles. The third kappa shape index (κ3) is 6.42. The minimum absolute atomic E-state index is 0.516. The summed E-state index contributed by atoms with van der Waals surface area (Å²) in [5.41, 5.74) is 33.6. The van der Waals surface area contributed by atoms with Gasteiger partial charge in [-0.25, -0.2) is 9.97 Å². The average Bonchev–Trinajstić information content (AvgIpc) is 1.59. The van der Waals surface area contributed by atoms with Crippen LogP contribution in [-0.2, 0) is 10.8 Å². The van der Waals surface area contributed by atoms with Crippen LogP contribution < -0.4 is 0 Å². The molecule has 84 heavy (non-hydrogen) atoms. The standard InChI is InChI=1S/C80H48N4/c1-7-23-67-57(17-1)58-18-2-8-24-68(58)79(67)71-27-11-5-21-61(71)63-39-37-53(43-73(63)79)65-45-75-76(84-78(52-35-31-50(32-36-52)56-16-14-42-82-48-56)77(83-75)51-33-29-49(30-34-51)55-15-13-41-81-47-55)46-66(65)54-38-40-64-62-22-6-12-28-72(62)80(74(64)44-54)69-25-9-3-19-59(69)60-20-4-10-26-70(60)80/h1-48H. The van der Waals surface area contributed by atoms with E-state index in [2.05, 4.69) is 265 Å². The Morgan fingerprint density at radius 2 is 0.488 bits per heavy atom. The highest BCUT2D eigenvalue weighted by Gasteiger charge is 2.53. The van der Waals surface area contributed by atoms with Gasteiger partial charge >= 0.3 is 0 Å². The number of pyridine rings is 2. The third-order valence-corrected chi connectivity index (χ3v) is 18.7. The van der Waals surface area contributed by atoms with Crippen LogP contribution in [0.3, 0.4) is 0 Å². The van der Waals surface area contributed by atoms with Gasteiger partial charge in [-0.05, 0) is 170 Å². The molecule has 0 bridgehead atoms. The maximum absolute atomic E-state index is 5.77. The summed E-state index contributed by atoms with van der Waals surface area (Å²) < 4.78 is 0. The molecule has 3 heterocycles. The Balaban J connectivity index is 0.906. The van der Waals surface area contributed by atoms with E-state index in [1.54, 1.807) is 0 Å². The summed E-state index contributed by atoms with van der Waals surface area (Å²) in [6.07, 6.45) is 7.45. The molecular formula is C80H48N4. The SMILES string of the molecule is c1cncc(-c2ccc(-c3nc4cc(-c5ccc6c(c5)C5(c7ccccc7-c7ccccc75)c5ccccc5-6)c(-c5ccc6c(c5)C5(c7ccccc7-c7ccccc75)c5ccccc5-6)cc4nc3-c3ccc(-c4cccnc4)cc3)cc2)c1. The number of hydrogen-bond acceptors (Lipinski definition) is 4. The second kappa shape index (κ2) is 17.8. The molecule has 0 aliphatic heterocycles. The van der Waals surface area contributed by atoms with E-state index in [1.165, 1.54) is 89.0 Å². The molecule has 0 N–H and O–H groups in total. The summed E-state index contributed by atoms with van der Waals surface area (Å²) in [5.74, 6) is 0. The van der Waals surface area contributed by atoms with E-state index < -0.39 is 10.8 Å². The molecule has 4 heteroatoms. The van der Waals surface area contributed by atoms with Gasteiger partial charge < -0.3 is 0 Å². The van der Waals surface area contributed by atoms with Crippen LogP contribution in [0.2, 0.25) is 0 Å². The highest BCUT2D eigenvalue weighted by atomic mass is 14.8. The smallest absolute Gasteiger partial charge is 0.0973 e. The maximum atomic E-state index is 5.77. The minimum atomic E-state index is -0.516. The minimum Gasteiger partial charge on any atom is -0.264 e. The quantitative estimate of drug-likeness (QED) is 0.167. The van der Waals surface area contributed by atoms with E-state index in [4.69, 9.17) is 9.97 Å². The van der Waals surface area contributed by atoms with E-state index in [0.29, 0.717) is 0 Å². The second-order valence-electron chi connectivity index (χ2n) is 22.7. The van der Waals surface area contributed by atoms with Crippen LogP contribution in [0.15, 0.2) is 292 Å². The van der Waals surface area contributed by atoms with Crippen LogP contribution in [0.5, 0.6) is 0 Å². The predicted molar refractivity (Wildman–Crippen MR) is 340 cm³/mol. The van der Waals surface area contributed by atoms with Crippen molar-refractivity contribution in [3.63, 3.8) is 0 Å². The van der Waals surface area contributed by atoms with Gasteiger partial charge in [0.25, 0.3) is 0 Å². The van der Waals surface area contributed by atoms with E-state index in [9.17, 15) is 0 Å². The zero-order chi connectivity index (χ0) is 55.1. The van der Waals surface area contributed by atoms with Crippen molar-refractivity contribution in [1.82, 2.24) is 19.9 Å². The van der Waals surface area contributed by atoms with Crippen LogP contribution in [-0.4, -0.2) is 19.9 Å². The molecule has 18 rings (SSSR count). The van der Waals surface area contributed by atoms with Crippen molar-refractivity contribution < 1.29 is 0 Å². The van der Waals surface area contributed by atoms with Crippen molar-refractivity contribution in [2.45, 2.75) is 10.8 Å². The Hall–Kier alpha value is -10.9. The number of aromatic nitrogens is 4. The summed E-state index contributed by atoms with van der Waals surface area (Å²) in [5, 5.41) is 0. The first-order valence-corrected chi connectivity index (χ1v) is 28.9. The summed E-state index contributed by atoms with van der Waals surface area (Å²) >= 11 is 0. The number of rotatable bonds is 6. The molecule has 0 amide bonds. The van der Waals surface area contributed by atoms with E-state index in [1.807, 2.05) is 36.9 Å². The molecule has 2 spiro atoms. The Labute approximate surface area is 486 Å². The fraction of sp³-hybridized carbons (Fsp3) is 0.0250. The number of benzene rings is 11. The molecule has 3 aromatic heterocycles. The summed E-state index contributed by atoms with van der Waals surface area (Å²) in [6.45, 7) is 0. The molecule has 0 fully saturated rings. The average molecular weight is 1070 g/mol. The topological polar surface area (TPSA) is 51.6 Å². The van der Waals surface area contributed by atoms with Gasteiger partial charge in [0, 0.05) is 35.9 Å². The zero-order valence-electron chi connectivity index (χ0n) is 45.5. The summed E-state index contributed by atoms with van der Waals surface area (Å²) in [6, 6.07) is 99.1. The summed E-state index contributed by atoms with van der Waals surface area (Å²) in [7, 11) is 0. The molecule has 4 aliphatic carbocycles. The lowest BCUT2D eigenvalue weighted by Gasteiger charge is -2.31. The normalized spacial score (nSPS) is 13.7. The van der Waals surface area contributed by atoms with Crippen molar-refractivity contribution in [2.75, 3.05) is 0 Å². The molecule has 0 radical (unpaired) electrons. The molecule has 0 saturated heterocycles. The molecule has 4 aliphatic rings. The highest BCUT2D eigenvalue weighted by Crippen LogP contribution is 2.65.